The van der Waals surface area contributed by atoms with E-state index in [0.29, 0.717) is 21.9 Å². The van der Waals surface area contributed by atoms with Gasteiger partial charge in [-0.15, -0.1) is 0 Å². The molecule has 0 radical (unpaired) electrons. The summed E-state index contributed by atoms with van der Waals surface area (Å²) in [6.07, 6.45) is 1.42. The number of hydrogen-bond donors (Lipinski definition) is 2. The zero-order chi connectivity index (χ0) is 21.3. The zero-order valence-corrected chi connectivity index (χ0v) is 17.1. The second-order valence-electron chi connectivity index (χ2n) is 6.21. The predicted octanol–water partition coefficient (Wildman–Crippen LogP) is 3.65. The highest BCUT2D eigenvalue weighted by Gasteiger charge is 2.17. The molecule has 2 aromatic heterocycles. The summed E-state index contributed by atoms with van der Waals surface area (Å²) in [4.78, 5) is 23.5. The quantitative estimate of drug-likeness (QED) is 0.487. The van der Waals surface area contributed by atoms with Crippen LogP contribution in [0.2, 0.25) is 0 Å². The molecule has 30 heavy (non-hydrogen) atoms. The minimum absolute atomic E-state index is 0.139. The molecule has 152 valence electrons. The van der Waals surface area contributed by atoms with Crippen molar-refractivity contribution in [1.82, 2.24) is 15.0 Å². The van der Waals surface area contributed by atoms with Gasteiger partial charge in [0, 0.05) is 18.7 Å². The Balaban J connectivity index is 1.64. The molecule has 2 N–H and O–H groups in total. The van der Waals surface area contributed by atoms with Gasteiger partial charge in [0.15, 0.2) is 5.13 Å². The van der Waals surface area contributed by atoms with Gasteiger partial charge in [0.25, 0.3) is 10.0 Å². The number of halogens is 1. The van der Waals surface area contributed by atoms with Crippen LogP contribution < -0.4 is 10.0 Å². The number of nitrogens with one attached hydrogen (secondary N) is 2. The molecule has 4 aromatic rings. The second-order valence-corrected chi connectivity index (χ2v) is 8.92. The number of hydrogen-bond acceptors (Lipinski definition) is 7. The highest BCUT2D eigenvalue weighted by Crippen LogP contribution is 2.30. The summed E-state index contributed by atoms with van der Waals surface area (Å²) >= 11 is 1.31. The Morgan fingerprint density at radius 2 is 1.93 bits per heavy atom. The fourth-order valence-electron chi connectivity index (χ4n) is 2.67. The minimum atomic E-state index is -4.04. The van der Waals surface area contributed by atoms with Crippen LogP contribution in [0.25, 0.3) is 21.5 Å². The van der Waals surface area contributed by atoms with Gasteiger partial charge in [-0.05, 0) is 36.4 Å². The number of nitrogens with zero attached hydrogens (tertiary/aromatic N) is 3. The number of fused-ring (bicyclic) bond motifs is 1. The number of carbonyl (C=O) groups excluding carboxylic acids is 1. The van der Waals surface area contributed by atoms with Crippen LogP contribution in [0, 0.1) is 5.82 Å². The molecule has 0 fully saturated rings. The number of carbonyl (C=O) groups is 1. The van der Waals surface area contributed by atoms with Crippen molar-refractivity contribution in [3.05, 3.63) is 60.5 Å². The minimum Gasteiger partial charge on any atom is -0.302 e. The van der Waals surface area contributed by atoms with E-state index in [-0.39, 0.29) is 16.8 Å². The van der Waals surface area contributed by atoms with Crippen LogP contribution in [-0.2, 0) is 14.8 Å². The molecule has 0 spiro atoms. The van der Waals surface area contributed by atoms with E-state index in [4.69, 9.17) is 0 Å². The van der Waals surface area contributed by atoms with Crippen molar-refractivity contribution in [3.63, 3.8) is 0 Å². The van der Waals surface area contributed by atoms with Crippen molar-refractivity contribution in [3.8, 4) is 11.3 Å². The van der Waals surface area contributed by atoms with Gasteiger partial charge >= 0.3 is 0 Å². The van der Waals surface area contributed by atoms with E-state index in [1.807, 2.05) is 6.07 Å². The molecule has 2 heterocycles. The first kappa shape index (κ1) is 19.9. The molecule has 1 amide bonds. The SMILES string of the molecule is CC(=O)Nc1nc2ccc(-c3ccnc(NS(=O)(=O)c4cccc(F)c4)n3)cc2s1. The lowest BCUT2D eigenvalue weighted by molar-refractivity contribution is -0.114. The summed E-state index contributed by atoms with van der Waals surface area (Å²) in [5, 5.41) is 3.13. The Hall–Kier alpha value is -3.44. The lowest BCUT2D eigenvalue weighted by Crippen LogP contribution is -2.15. The van der Waals surface area contributed by atoms with Gasteiger partial charge in [0.1, 0.15) is 5.82 Å². The molecular weight excluding hydrogens is 429 g/mol. The van der Waals surface area contributed by atoms with Crippen LogP contribution in [0.4, 0.5) is 15.5 Å². The molecule has 0 aliphatic heterocycles. The number of sulfonamides is 1. The Labute approximate surface area is 174 Å². The van der Waals surface area contributed by atoms with E-state index in [1.165, 1.54) is 36.6 Å². The standard InChI is InChI=1S/C19H14FN5O3S2/c1-11(26)22-19-24-16-6-5-12(9-17(16)29-19)15-7-8-21-18(23-15)25-30(27,28)14-4-2-3-13(20)10-14/h2-10H,1H3,(H,21,23,25)(H,22,24,26). The Morgan fingerprint density at radius 1 is 1.10 bits per heavy atom. The van der Waals surface area contributed by atoms with Gasteiger partial charge < -0.3 is 5.32 Å². The highest BCUT2D eigenvalue weighted by molar-refractivity contribution is 7.92. The third-order valence-corrected chi connectivity index (χ3v) is 6.21. The largest absolute Gasteiger partial charge is 0.302 e. The number of amides is 1. The normalized spacial score (nSPS) is 11.4. The Bertz CT molecular complexity index is 1370. The second kappa shape index (κ2) is 7.76. The molecule has 0 unspecified atom stereocenters. The van der Waals surface area contributed by atoms with Gasteiger partial charge in [-0.3, -0.25) is 4.79 Å². The van der Waals surface area contributed by atoms with Gasteiger partial charge in [0.2, 0.25) is 11.9 Å². The molecule has 0 saturated carbocycles. The summed E-state index contributed by atoms with van der Waals surface area (Å²) in [5.41, 5.74) is 1.92. The Morgan fingerprint density at radius 3 is 2.70 bits per heavy atom. The third-order valence-electron chi connectivity index (χ3n) is 3.95. The molecule has 0 bridgehead atoms. The van der Waals surface area contributed by atoms with E-state index in [9.17, 15) is 17.6 Å². The predicted molar refractivity (Wildman–Crippen MR) is 112 cm³/mol. The van der Waals surface area contributed by atoms with E-state index in [1.54, 1.807) is 18.2 Å². The summed E-state index contributed by atoms with van der Waals surface area (Å²) in [5.74, 6) is -1.01. The summed E-state index contributed by atoms with van der Waals surface area (Å²) in [7, 11) is -4.04. The van der Waals surface area contributed by atoms with Crippen LogP contribution in [-0.4, -0.2) is 29.3 Å². The van der Waals surface area contributed by atoms with Crippen LogP contribution in [0.1, 0.15) is 6.92 Å². The van der Waals surface area contributed by atoms with Crippen molar-refractivity contribution >= 4 is 48.6 Å². The average molecular weight is 443 g/mol. The zero-order valence-electron chi connectivity index (χ0n) is 15.5. The first-order valence-corrected chi connectivity index (χ1v) is 10.9. The summed E-state index contributed by atoms with van der Waals surface area (Å²) in [6, 6.07) is 11.7. The van der Waals surface area contributed by atoms with E-state index in [2.05, 4.69) is 25.0 Å². The van der Waals surface area contributed by atoms with Gasteiger partial charge in [-0.1, -0.05) is 23.5 Å². The van der Waals surface area contributed by atoms with Crippen molar-refractivity contribution in [2.24, 2.45) is 0 Å². The molecule has 0 aliphatic carbocycles. The molecule has 4 rings (SSSR count). The van der Waals surface area contributed by atoms with Crippen LogP contribution in [0.3, 0.4) is 0 Å². The van der Waals surface area contributed by atoms with E-state index in [0.717, 1.165) is 16.8 Å². The van der Waals surface area contributed by atoms with Crippen molar-refractivity contribution in [2.75, 3.05) is 10.0 Å². The van der Waals surface area contributed by atoms with E-state index < -0.39 is 15.8 Å². The monoisotopic (exact) mass is 443 g/mol. The fraction of sp³-hybridized carbons (Fsp3) is 0.0526. The first-order chi connectivity index (χ1) is 14.3. The maximum Gasteiger partial charge on any atom is 0.264 e. The fourth-order valence-corrected chi connectivity index (χ4v) is 4.60. The van der Waals surface area contributed by atoms with Crippen LogP contribution >= 0.6 is 11.3 Å². The molecule has 0 saturated heterocycles. The van der Waals surface area contributed by atoms with Crippen molar-refractivity contribution in [2.45, 2.75) is 11.8 Å². The van der Waals surface area contributed by atoms with E-state index >= 15 is 0 Å². The number of thiazole rings is 1. The maximum atomic E-state index is 13.4. The van der Waals surface area contributed by atoms with Gasteiger partial charge in [0.05, 0.1) is 20.8 Å². The molecular formula is C19H14FN5O3S2. The first-order valence-electron chi connectivity index (χ1n) is 8.60. The molecule has 0 atom stereocenters. The molecule has 2 aromatic carbocycles. The number of anilines is 2. The lowest BCUT2D eigenvalue weighted by atomic mass is 10.1. The van der Waals surface area contributed by atoms with Gasteiger partial charge in [-0.25, -0.2) is 32.5 Å². The highest BCUT2D eigenvalue weighted by atomic mass is 32.2. The number of benzene rings is 2. The average Bonchev–Trinajstić information content (AvgIpc) is 3.08. The molecule has 8 nitrogen and oxygen atoms in total. The smallest absolute Gasteiger partial charge is 0.264 e. The summed E-state index contributed by atoms with van der Waals surface area (Å²) in [6.45, 7) is 1.41. The molecule has 11 heteroatoms. The summed E-state index contributed by atoms with van der Waals surface area (Å²) < 4.78 is 41.4. The van der Waals surface area contributed by atoms with Gasteiger partial charge in [-0.2, -0.15) is 0 Å². The van der Waals surface area contributed by atoms with Crippen molar-refractivity contribution in [1.29, 1.82) is 0 Å². The third kappa shape index (κ3) is 4.26. The van der Waals surface area contributed by atoms with Crippen molar-refractivity contribution < 1.29 is 17.6 Å². The molecule has 0 aliphatic rings. The number of aromatic nitrogens is 3. The lowest BCUT2D eigenvalue weighted by Gasteiger charge is -2.08. The number of rotatable bonds is 5. The van der Waals surface area contributed by atoms with Crippen LogP contribution in [0.15, 0.2) is 59.6 Å². The van der Waals surface area contributed by atoms with Crippen LogP contribution in [0.5, 0.6) is 0 Å². The maximum absolute atomic E-state index is 13.4. The topological polar surface area (TPSA) is 114 Å². The Kier molecular flexibility index (Phi) is 5.14.